The lowest BCUT2D eigenvalue weighted by Gasteiger charge is -2.13. The van der Waals surface area contributed by atoms with Crippen molar-refractivity contribution in [1.29, 1.82) is 0 Å². The fraction of sp³-hybridized carbons (Fsp3) is 0.545. The van der Waals surface area contributed by atoms with E-state index in [1.54, 1.807) is 7.11 Å². The molecule has 0 aliphatic carbocycles. The molecule has 1 heterocycles. The largest absolute Gasteiger partial charge is 0.489 e. The van der Waals surface area contributed by atoms with Crippen molar-refractivity contribution in [2.24, 2.45) is 0 Å². The van der Waals surface area contributed by atoms with Gasteiger partial charge < -0.3 is 9.47 Å². The average molecular weight is 230 g/mol. The van der Waals surface area contributed by atoms with Gasteiger partial charge in [-0.05, 0) is 26.0 Å². The molecule has 0 saturated heterocycles. The van der Waals surface area contributed by atoms with E-state index in [-0.39, 0.29) is 6.10 Å². The maximum atomic E-state index is 5.78. The number of aryl methyl sites for hydroxylation is 1. The second-order valence-corrected chi connectivity index (χ2v) is 3.66. The number of ether oxygens (including phenoxy) is 2. The van der Waals surface area contributed by atoms with Gasteiger partial charge in [0.25, 0.3) is 0 Å². The van der Waals surface area contributed by atoms with Crippen molar-refractivity contribution >= 4 is 11.6 Å². The first-order chi connectivity index (χ1) is 7.17. The first kappa shape index (κ1) is 12.3. The van der Waals surface area contributed by atoms with E-state index in [2.05, 4.69) is 4.98 Å². The molecule has 0 aromatic carbocycles. The molecule has 0 amide bonds. The number of rotatable bonds is 5. The van der Waals surface area contributed by atoms with Crippen LogP contribution in [0.5, 0.6) is 5.75 Å². The maximum Gasteiger partial charge on any atom is 0.142 e. The molecule has 0 saturated carbocycles. The Labute approximate surface area is 95.4 Å². The van der Waals surface area contributed by atoms with Crippen LogP contribution in [0.3, 0.4) is 0 Å². The Balaban J connectivity index is 2.67. The Morgan fingerprint density at radius 1 is 1.47 bits per heavy atom. The van der Waals surface area contributed by atoms with Gasteiger partial charge in [-0.3, -0.25) is 4.98 Å². The van der Waals surface area contributed by atoms with Crippen molar-refractivity contribution in [2.45, 2.75) is 25.8 Å². The summed E-state index contributed by atoms with van der Waals surface area (Å²) >= 11 is 5.78. The van der Waals surface area contributed by atoms with Crippen LogP contribution < -0.4 is 4.74 Å². The Hall–Kier alpha value is -0.800. The molecule has 0 aliphatic heterocycles. The van der Waals surface area contributed by atoms with E-state index in [9.17, 15) is 0 Å². The molecule has 15 heavy (non-hydrogen) atoms. The standard InChI is InChI=1S/C11H16ClNO2/c1-8-4-5-11(10(6-12)13-8)15-7-9(2)14-3/h4-5,9H,6-7H2,1-3H3. The van der Waals surface area contributed by atoms with Crippen LogP contribution in [-0.2, 0) is 10.6 Å². The number of hydrogen-bond acceptors (Lipinski definition) is 3. The van der Waals surface area contributed by atoms with Gasteiger partial charge in [-0.1, -0.05) is 0 Å². The number of pyridine rings is 1. The summed E-state index contributed by atoms with van der Waals surface area (Å²) in [6.45, 7) is 4.38. The highest BCUT2D eigenvalue weighted by molar-refractivity contribution is 6.17. The third-order valence-corrected chi connectivity index (χ3v) is 2.33. The van der Waals surface area contributed by atoms with Crippen LogP contribution in [0.25, 0.3) is 0 Å². The van der Waals surface area contributed by atoms with Crippen LogP contribution in [0, 0.1) is 6.92 Å². The summed E-state index contributed by atoms with van der Waals surface area (Å²) in [6.07, 6.45) is 0.0643. The van der Waals surface area contributed by atoms with E-state index in [1.807, 2.05) is 26.0 Å². The van der Waals surface area contributed by atoms with E-state index >= 15 is 0 Å². The number of methoxy groups -OCH3 is 1. The minimum absolute atomic E-state index is 0.0643. The van der Waals surface area contributed by atoms with Crippen LogP contribution in [0.2, 0.25) is 0 Å². The van der Waals surface area contributed by atoms with Crippen molar-refractivity contribution in [3.05, 3.63) is 23.5 Å². The topological polar surface area (TPSA) is 31.4 Å². The first-order valence-corrected chi connectivity index (χ1v) is 5.39. The van der Waals surface area contributed by atoms with Crippen LogP contribution in [0.4, 0.5) is 0 Å². The van der Waals surface area contributed by atoms with Crippen molar-refractivity contribution in [3.63, 3.8) is 0 Å². The molecule has 4 heteroatoms. The Kier molecular flexibility index (Phi) is 4.85. The van der Waals surface area contributed by atoms with Gasteiger partial charge in [0.05, 0.1) is 17.7 Å². The highest BCUT2D eigenvalue weighted by Crippen LogP contribution is 2.19. The zero-order valence-corrected chi connectivity index (χ0v) is 10.0. The van der Waals surface area contributed by atoms with Gasteiger partial charge in [0.2, 0.25) is 0 Å². The van der Waals surface area contributed by atoms with E-state index in [4.69, 9.17) is 21.1 Å². The fourth-order valence-corrected chi connectivity index (χ4v) is 1.29. The SMILES string of the molecule is COC(C)COc1ccc(C)nc1CCl. The molecular weight excluding hydrogens is 214 g/mol. The molecule has 0 spiro atoms. The Morgan fingerprint density at radius 2 is 2.20 bits per heavy atom. The first-order valence-electron chi connectivity index (χ1n) is 4.85. The van der Waals surface area contributed by atoms with Gasteiger partial charge in [0.1, 0.15) is 12.4 Å². The lowest BCUT2D eigenvalue weighted by molar-refractivity contribution is 0.0712. The van der Waals surface area contributed by atoms with Gasteiger partial charge in [-0.25, -0.2) is 0 Å². The zero-order chi connectivity index (χ0) is 11.3. The van der Waals surface area contributed by atoms with Crippen molar-refractivity contribution < 1.29 is 9.47 Å². The highest BCUT2D eigenvalue weighted by Gasteiger charge is 2.06. The smallest absolute Gasteiger partial charge is 0.142 e. The minimum Gasteiger partial charge on any atom is -0.489 e. The maximum absolute atomic E-state index is 5.78. The second-order valence-electron chi connectivity index (χ2n) is 3.39. The van der Waals surface area contributed by atoms with E-state index in [1.165, 1.54) is 0 Å². The summed E-state index contributed by atoms with van der Waals surface area (Å²) in [4.78, 5) is 4.30. The zero-order valence-electron chi connectivity index (χ0n) is 9.29. The Bertz CT molecular complexity index is 317. The molecule has 0 aliphatic rings. The summed E-state index contributed by atoms with van der Waals surface area (Å²) in [5.74, 6) is 1.10. The second kappa shape index (κ2) is 5.93. The minimum atomic E-state index is 0.0643. The molecule has 0 fully saturated rings. The van der Waals surface area contributed by atoms with Crippen LogP contribution >= 0.6 is 11.6 Å². The van der Waals surface area contributed by atoms with Gasteiger partial charge in [-0.2, -0.15) is 0 Å². The summed E-state index contributed by atoms with van der Waals surface area (Å²) < 4.78 is 10.7. The number of hydrogen-bond donors (Lipinski definition) is 0. The molecule has 1 aromatic heterocycles. The molecule has 84 valence electrons. The quantitative estimate of drug-likeness (QED) is 0.728. The molecular formula is C11H16ClNO2. The molecule has 1 unspecified atom stereocenters. The third kappa shape index (κ3) is 3.68. The summed E-state index contributed by atoms with van der Waals surface area (Å²) in [6, 6.07) is 3.80. The van der Waals surface area contributed by atoms with Crippen LogP contribution in [-0.4, -0.2) is 24.8 Å². The number of aromatic nitrogens is 1. The van der Waals surface area contributed by atoms with Crippen molar-refractivity contribution in [1.82, 2.24) is 4.98 Å². The van der Waals surface area contributed by atoms with Crippen LogP contribution in [0.15, 0.2) is 12.1 Å². The van der Waals surface area contributed by atoms with E-state index < -0.39 is 0 Å². The predicted molar refractivity (Wildman–Crippen MR) is 60.5 cm³/mol. The van der Waals surface area contributed by atoms with E-state index in [0.29, 0.717) is 12.5 Å². The normalized spacial score (nSPS) is 12.5. The van der Waals surface area contributed by atoms with E-state index in [0.717, 1.165) is 17.1 Å². The molecule has 3 nitrogen and oxygen atoms in total. The summed E-state index contributed by atoms with van der Waals surface area (Å²) in [7, 11) is 1.66. The lowest BCUT2D eigenvalue weighted by Crippen LogP contribution is -2.16. The van der Waals surface area contributed by atoms with Crippen molar-refractivity contribution in [3.8, 4) is 5.75 Å². The van der Waals surface area contributed by atoms with Crippen LogP contribution in [0.1, 0.15) is 18.3 Å². The molecule has 1 rings (SSSR count). The predicted octanol–water partition coefficient (Wildman–Crippen LogP) is 2.54. The molecule has 0 radical (unpaired) electrons. The molecule has 0 N–H and O–H groups in total. The lowest BCUT2D eigenvalue weighted by atomic mass is 10.3. The van der Waals surface area contributed by atoms with Gasteiger partial charge in [0.15, 0.2) is 0 Å². The van der Waals surface area contributed by atoms with Crippen molar-refractivity contribution in [2.75, 3.05) is 13.7 Å². The highest BCUT2D eigenvalue weighted by atomic mass is 35.5. The average Bonchev–Trinajstić information content (AvgIpc) is 2.26. The van der Waals surface area contributed by atoms with Gasteiger partial charge in [-0.15, -0.1) is 11.6 Å². The number of nitrogens with zero attached hydrogens (tertiary/aromatic N) is 1. The number of alkyl halides is 1. The van der Waals surface area contributed by atoms with Gasteiger partial charge in [0, 0.05) is 12.8 Å². The monoisotopic (exact) mass is 229 g/mol. The number of halogens is 1. The summed E-state index contributed by atoms with van der Waals surface area (Å²) in [5.41, 5.74) is 1.72. The van der Waals surface area contributed by atoms with Gasteiger partial charge >= 0.3 is 0 Å². The third-order valence-electron chi connectivity index (χ3n) is 2.07. The molecule has 1 atom stereocenters. The Morgan fingerprint density at radius 3 is 2.80 bits per heavy atom. The summed E-state index contributed by atoms with van der Waals surface area (Å²) in [5, 5.41) is 0. The molecule has 1 aromatic rings. The molecule has 0 bridgehead atoms. The fourth-order valence-electron chi connectivity index (χ4n) is 1.10.